The molecule has 0 unspecified atom stereocenters. The van der Waals surface area contributed by atoms with Gasteiger partial charge in [-0.1, -0.05) is 30.3 Å². The second-order valence-corrected chi connectivity index (χ2v) is 5.92. The fraction of sp³-hybridized carbons (Fsp3) is 0.412. The molecule has 0 spiro atoms. The molecule has 0 bridgehead atoms. The zero-order chi connectivity index (χ0) is 16.1. The van der Waals surface area contributed by atoms with Gasteiger partial charge in [-0.25, -0.2) is 4.98 Å². The van der Waals surface area contributed by atoms with E-state index in [1.807, 2.05) is 30.3 Å². The number of benzene rings is 1. The summed E-state index contributed by atoms with van der Waals surface area (Å²) in [6.07, 6.45) is 4.09. The van der Waals surface area contributed by atoms with Gasteiger partial charge >= 0.3 is 0 Å². The Kier molecular flexibility index (Phi) is 4.73. The Hall–Kier alpha value is -2.18. The minimum absolute atomic E-state index is 0.0171. The maximum Gasteiger partial charge on any atom is 0.228 e. The van der Waals surface area contributed by atoms with Crippen molar-refractivity contribution in [2.45, 2.75) is 18.4 Å². The number of hydrogen-bond acceptors (Lipinski definition) is 4. The number of nitrogens with zero attached hydrogens (tertiary/aromatic N) is 2. The van der Waals surface area contributed by atoms with Crippen molar-refractivity contribution in [2.24, 2.45) is 0 Å². The van der Waals surface area contributed by atoms with Gasteiger partial charge in [-0.15, -0.1) is 0 Å². The molecule has 1 aliphatic rings. The summed E-state index contributed by atoms with van der Waals surface area (Å²) >= 11 is 0. The summed E-state index contributed by atoms with van der Waals surface area (Å²) in [6.45, 7) is 1.26. The van der Waals surface area contributed by atoms with Gasteiger partial charge in [0.2, 0.25) is 5.91 Å². The number of rotatable bonds is 5. The first kappa shape index (κ1) is 15.7. The topological polar surface area (TPSA) is 78.5 Å². The van der Waals surface area contributed by atoms with Crippen LogP contribution in [0, 0.1) is 0 Å². The van der Waals surface area contributed by atoms with Gasteiger partial charge in [-0.05, 0) is 5.56 Å². The van der Waals surface area contributed by atoms with Crippen LogP contribution in [0.1, 0.15) is 11.3 Å². The van der Waals surface area contributed by atoms with E-state index in [2.05, 4.69) is 9.97 Å². The van der Waals surface area contributed by atoms with Crippen LogP contribution in [0.3, 0.4) is 0 Å². The average Bonchev–Trinajstić information content (AvgIpc) is 3.09. The van der Waals surface area contributed by atoms with Gasteiger partial charge in [0.05, 0.1) is 32.5 Å². The van der Waals surface area contributed by atoms with Gasteiger partial charge in [0.15, 0.2) is 0 Å². The molecule has 1 saturated heterocycles. The summed E-state index contributed by atoms with van der Waals surface area (Å²) in [6, 6.07) is 9.89. The van der Waals surface area contributed by atoms with Crippen LogP contribution in [-0.4, -0.2) is 57.8 Å². The fourth-order valence-corrected chi connectivity index (χ4v) is 2.94. The zero-order valence-electron chi connectivity index (χ0n) is 12.9. The average molecular weight is 315 g/mol. The number of carbonyl (C=O) groups is 1. The third-order valence-corrected chi connectivity index (χ3v) is 4.15. The van der Waals surface area contributed by atoms with Gasteiger partial charge in [0.25, 0.3) is 0 Å². The van der Waals surface area contributed by atoms with E-state index in [0.29, 0.717) is 26.1 Å². The Bertz CT molecular complexity index is 630. The van der Waals surface area contributed by atoms with Gasteiger partial charge < -0.3 is 19.7 Å². The lowest BCUT2D eigenvalue weighted by Crippen LogP contribution is -2.57. The Labute approximate surface area is 135 Å². The van der Waals surface area contributed by atoms with Crippen LogP contribution in [0.25, 0.3) is 0 Å². The monoisotopic (exact) mass is 315 g/mol. The third-order valence-electron chi connectivity index (χ3n) is 4.15. The number of H-pyrrole nitrogens is 1. The van der Waals surface area contributed by atoms with Crippen molar-refractivity contribution in [2.75, 3.05) is 26.3 Å². The van der Waals surface area contributed by atoms with Crippen LogP contribution in [0.15, 0.2) is 42.9 Å². The number of aromatic amines is 1. The lowest BCUT2D eigenvalue weighted by Gasteiger charge is -2.42. The Morgan fingerprint density at radius 1 is 1.39 bits per heavy atom. The van der Waals surface area contributed by atoms with Gasteiger partial charge in [0, 0.05) is 24.9 Å². The standard InChI is InChI=1S/C17H21N3O3/c21-12-17(9-14-4-2-1-3-5-14)11-20(6-7-23-17)16(22)8-15-10-18-13-19-15/h1-5,10,13,21H,6-9,11-12H2,(H,18,19)/t17-/m0/s1. The van der Waals surface area contributed by atoms with E-state index < -0.39 is 5.60 Å². The van der Waals surface area contributed by atoms with E-state index >= 15 is 0 Å². The molecule has 1 atom stereocenters. The molecular weight excluding hydrogens is 294 g/mol. The van der Waals surface area contributed by atoms with E-state index in [4.69, 9.17) is 4.74 Å². The summed E-state index contributed by atoms with van der Waals surface area (Å²) in [5.74, 6) is 0.0171. The van der Waals surface area contributed by atoms with Crippen molar-refractivity contribution in [1.82, 2.24) is 14.9 Å². The molecule has 1 aromatic carbocycles. The van der Waals surface area contributed by atoms with Crippen molar-refractivity contribution in [3.63, 3.8) is 0 Å². The zero-order valence-corrected chi connectivity index (χ0v) is 12.9. The van der Waals surface area contributed by atoms with Crippen molar-refractivity contribution in [3.05, 3.63) is 54.1 Å². The number of amides is 1. The van der Waals surface area contributed by atoms with Crippen molar-refractivity contribution in [1.29, 1.82) is 0 Å². The first-order valence-corrected chi connectivity index (χ1v) is 7.74. The van der Waals surface area contributed by atoms with Gasteiger partial charge in [-0.2, -0.15) is 0 Å². The van der Waals surface area contributed by atoms with Crippen molar-refractivity contribution < 1.29 is 14.6 Å². The molecule has 0 saturated carbocycles. The molecule has 1 amide bonds. The van der Waals surface area contributed by atoms with E-state index in [0.717, 1.165) is 11.3 Å². The number of ether oxygens (including phenoxy) is 1. The fourth-order valence-electron chi connectivity index (χ4n) is 2.94. The largest absolute Gasteiger partial charge is 0.393 e. The summed E-state index contributed by atoms with van der Waals surface area (Å²) in [5.41, 5.74) is 1.15. The maximum atomic E-state index is 12.5. The summed E-state index contributed by atoms with van der Waals surface area (Å²) < 4.78 is 5.87. The highest BCUT2D eigenvalue weighted by Gasteiger charge is 2.38. The maximum absolute atomic E-state index is 12.5. The molecule has 122 valence electrons. The van der Waals surface area contributed by atoms with Gasteiger partial charge in [0.1, 0.15) is 5.60 Å². The van der Waals surface area contributed by atoms with Crippen molar-refractivity contribution in [3.8, 4) is 0 Å². The SMILES string of the molecule is O=C(Cc1cnc[nH]1)N1CCO[C@@](CO)(Cc2ccccc2)C1. The second-order valence-electron chi connectivity index (χ2n) is 5.92. The molecule has 0 radical (unpaired) electrons. The van der Waals surface area contributed by atoms with Crippen LogP contribution < -0.4 is 0 Å². The lowest BCUT2D eigenvalue weighted by atomic mass is 9.93. The van der Waals surface area contributed by atoms with Crippen molar-refractivity contribution >= 4 is 5.91 Å². The molecule has 1 aromatic heterocycles. The smallest absolute Gasteiger partial charge is 0.228 e. The molecule has 0 aliphatic carbocycles. The lowest BCUT2D eigenvalue weighted by molar-refractivity contribution is -0.157. The van der Waals surface area contributed by atoms with E-state index in [9.17, 15) is 9.90 Å². The predicted octanol–water partition coefficient (Wildman–Crippen LogP) is 0.785. The highest BCUT2D eigenvalue weighted by atomic mass is 16.5. The number of nitrogens with one attached hydrogen (secondary N) is 1. The predicted molar refractivity (Wildman–Crippen MR) is 84.8 cm³/mol. The van der Waals surface area contributed by atoms with E-state index in [-0.39, 0.29) is 18.9 Å². The molecule has 3 rings (SSSR count). The third kappa shape index (κ3) is 3.78. The molecule has 1 fully saturated rings. The molecule has 6 nitrogen and oxygen atoms in total. The highest BCUT2D eigenvalue weighted by molar-refractivity contribution is 5.78. The first-order valence-electron chi connectivity index (χ1n) is 7.74. The number of aliphatic hydroxyl groups is 1. The molecule has 2 heterocycles. The molecule has 2 aromatic rings. The molecule has 6 heteroatoms. The first-order chi connectivity index (χ1) is 11.2. The molecule has 1 aliphatic heterocycles. The van der Waals surface area contributed by atoms with Crippen LogP contribution in [0.2, 0.25) is 0 Å². The van der Waals surface area contributed by atoms with E-state index in [1.165, 1.54) is 0 Å². The van der Waals surface area contributed by atoms with Crippen LogP contribution >= 0.6 is 0 Å². The number of hydrogen-bond donors (Lipinski definition) is 2. The number of aliphatic hydroxyl groups excluding tert-OH is 1. The Balaban J connectivity index is 1.68. The van der Waals surface area contributed by atoms with Crippen LogP contribution in [-0.2, 0) is 22.4 Å². The minimum Gasteiger partial charge on any atom is -0.393 e. The summed E-state index contributed by atoms with van der Waals surface area (Å²) in [4.78, 5) is 21.1. The van der Waals surface area contributed by atoms with Crippen LogP contribution in [0.5, 0.6) is 0 Å². The highest BCUT2D eigenvalue weighted by Crippen LogP contribution is 2.23. The number of imidazole rings is 1. The quantitative estimate of drug-likeness (QED) is 0.855. The van der Waals surface area contributed by atoms with Gasteiger partial charge in [-0.3, -0.25) is 4.79 Å². The minimum atomic E-state index is -0.733. The normalized spacial score (nSPS) is 21.3. The molecular formula is C17H21N3O3. The summed E-state index contributed by atoms with van der Waals surface area (Å²) in [5, 5.41) is 9.88. The molecule has 2 N–H and O–H groups in total. The number of morpholine rings is 1. The number of carbonyl (C=O) groups excluding carboxylic acids is 1. The summed E-state index contributed by atoms with van der Waals surface area (Å²) in [7, 11) is 0. The Morgan fingerprint density at radius 2 is 2.22 bits per heavy atom. The van der Waals surface area contributed by atoms with Crippen LogP contribution in [0.4, 0.5) is 0 Å². The Morgan fingerprint density at radius 3 is 2.91 bits per heavy atom. The second kappa shape index (κ2) is 6.93. The van der Waals surface area contributed by atoms with E-state index in [1.54, 1.807) is 17.4 Å². The molecule has 23 heavy (non-hydrogen) atoms. The number of aromatic nitrogens is 2.